The summed E-state index contributed by atoms with van der Waals surface area (Å²) in [6.45, 7) is 9.95. The maximum atomic E-state index is 2.54. The molecule has 2 aromatic rings. The van der Waals surface area contributed by atoms with E-state index in [2.05, 4.69) is 80.3 Å². The predicted molar refractivity (Wildman–Crippen MR) is 86.6 cm³/mol. The maximum absolute atomic E-state index is 2.54. The first kappa shape index (κ1) is 14.8. The van der Waals surface area contributed by atoms with Crippen molar-refractivity contribution >= 4 is 0 Å². The zero-order valence-electron chi connectivity index (χ0n) is 12.8. The second-order valence-corrected chi connectivity index (χ2v) is 5.98. The van der Waals surface area contributed by atoms with Crippen LogP contribution in [-0.2, 0) is 13.1 Å². The van der Waals surface area contributed by atoms with Gasteiger partial charge in [-0.3, -0.25) is 4.90 Å². The highest BCUT2D eigenvalue weighted by Gasteiger charge is 2.10. The predicted octanol–water partition coefficient (Wildman–Crippen LogP) is 4.65. The van der Waals surface area contributed by atoms with Gasteiger partial charge in [-0.1, -0.05) is 68.4 Å². The molecular formula is C19H25N. The van der Waals surface area contributed by atoms with Gasteiger partial charge in [0.15, 0.2) is 0 Å². The van der Waals surface area contributed by atoms with Gasteiger partial charge in [0.25, 0.3) is 0 Å². The highest BCUT2D eigenvalue weighted by molar-refractivity contribution is 5.25. The lowest BCUT2D eigenvalue weighted by atomic mass is 10.1. The Kier molecular flexibility index (Phi) is 5.37. The largest absolute Gasteiger partial charge is 0.295 e. The molecule has 1 nitrogen and oxygen atoms in total. The first-order valence-electron chi connectivity index (χ1n) is 7.46. The number of hydrogen-bond acceptors (Lipinski definition) is 1. The van der Waals surface area contributed by atoms with Crippen molar-refractivity contribution in [2.45, 2.75) is 33.9 Å². The van der Waals surface area contributed by atoms with E-state index in [1.165, 1.54) is 16.7 Å². The molecule has 20 heavy (non-hydrogen) atoms. The molecule has 0 fully saturated rings. The molecule has 0 aliphatic carbocycles. The van der Waals surface area contributed by atoms with Crippen LogP contribution in [0.25, 0.3) is 0 Å². The van der Waals surface area contributed by atoms with Crippen molar-refractivity contribution in [2.24, 2.45) is 5.92 Å². The van der Waals surface area contributed by atoms with E-state index in [4.69, 9.17) is 0 Å². The molecule has 0 atom stereocenters. The molecule has 0 saturated heterocycles. The molecule has 0 bridgehead atoms. The van der Waals surface area contributed by atoms with Crippen LogP contribution in [0.2, 0.25) is 0 Å². The van der Waals surface area contributed by atoms with E-state index < -0.39 is 0 Å². The van der Waals surface area contributed by atoms with Gasteiger partial charge >= 0.3 is 0 Å². The fraction of sp³-hybridized carbons (Fsp3) is 0.368. The minimum absolute atomic E-state index is 0.683. The van der Waals surface area contributed by atoms with Gasteiger partial charge in [-0.25, -0.2) is 0 Å². The molecule has 0 amide bonds. The molecule has 0 N–H and O–H groups in total. The van der Waals surface area contributed by atoms with Crippen molar-refractivity contribution in [3.05, 3.63) is 71.3 Å². The number of hydrogen-bond donors (Lipinski definition) is 0. The lowest BCUT2D eigenvalue weighted by molar-refractivity contribution is 0.227. The first-order valence-corrected chi connectivity index (χ1v) is 7.46. The molecule has 0 spiro atoms. The molecule has 0 heterocycles. The minimum Gasteiger partial charge on any atom is -0.295 e. The molecule has 0 aliphatic heterocycles. The van der Waals surface area contributed by atoms with Crippen LogP contribution in [0.5, 0.6) is 0 Å². The van der Waals surface area contributed by atoms with E-state index in [1.807, 2.05) is 0 Å². The Bertz CT molecular complexity index is 516. The summed E-state index contributed by atoms with van der Waals surface area (Å²) >= 11 is 0. The number of aryl methyl sites for hydroxylation is 1. The number of rotatable bonds is 6. The van der Waals surface area contributed by atoms with Crippen molar-refractivity contribution in [3.63, 3.8) is 0 Å². The fourth-order valence-corrected chi connectivity index (χ4v) is 2.57. The lowest BCUT2D eigenvalue weighted by Gasteiger charge is -2.25. The molecule has 0 aliphatic rings. The van der Waals surface area contributed by atoms with E-state index in [1.54, 1.807) is 0 Å². The second-order valence-electron chi connectivity index (χ2n) is 5.98. The molecule has 2 rings (SSSR count). The highest BCUT2D eigenvalue weighted by atomic mass is 15.1. The molecule has 0 aromatic heterocycles. The number of benzene rings is 2. The average molecular weight is 267 g/mol. The highest BCUT2D eigenvalue weighted by Crippen LogP contribution is 2.14. The van der Waals surface area contributed by atoms with Crippen molar-refractivity contribution < 1.29 is 0 Å². The summed E-state index contributed by atoms with van der Waals surface area (Å²) in [6.07, 6.45) is 0. The molecule has 106 valence electrons. The van der Waals surface area contributed by atoms with Crippen LogP contribution in [-0.4, -0.2) is 11.4 Å². The van der Waals surface area contributed by atoms with Crippen LogP contribution < -0.4 is 0 Å². The summed E-state index contributed by atoms with van der Waals surface area (Å²) in [5.41, 5.74) is 4.21. The van der Waals surface area contributed by atoms with Gasteiger partial charge in [0, 0.05) is 19.6 Å². The van der Waals surface area contributed by atoms with Crippen molar-refractivity contribution in [2.75, 3.05) is 6.54 Å². The second kappa shape index (κ2) is 7.25. The van der Waals surface area contributed by atoms with Gasteiger partial charge in [-0.15, -0.1) is 0 Å². The van der Waals surface area contributed by atoms with Crippen molar-refractivity contribution in [1.29, 1.82) is 0 Å². The van der Waals surface area contributed by atoms with Crippen LogP contribution in [0.4, 0.5) is 0 Å². The zero-order chi connectivity index (χ0) is 14.4. The van der Waals surface area contributed by atoms with Crippen molar-refractivity contribution in [1.82, 2.24) is 4.90 Å². The van der Waals surface area contributed by atoms with Gasteiger partial charge in [0.2, 0.25) is 0 Å². The average Bonchev–Trinajstić information content (AvgIpc) is 2.42. The molecule has 0 radical (unpaired) electrons. The minimum atomic E-state index is 0.683. The summed E-state index contributed by atoms with van der Waals surface area (Å²) < 4.78 is 0. The summed E-state index contributed by atoms with van der Waals surface area (Å²) in [6, 6.07) is 19.4. The SMILES string of the molecule is Cc1ccccc1CN(Cc1ccccc1)CC(C)C. The van der Waals surface area contributed by atoms with E-state index in [9.17, 15) is 0 Å². The summed E-state index contributed by atoms with van der Waals surface area (Å²) in [7, 11) is 0. The topological polar surface area (TPSA) is 3.24 Å². The smallest absolute Gasteiger partial charge is 0.0240 e. The van der Waals surface area contributed by atoms with E-state index in [-0.39, 0.29) is 0 Å². The maximum Gasteiger partial charge on any atom is 0.0240 e. The molecule has 0 unspecified atom stereocenters. The zero-order valence-corrected chi connectivity index (χ0v) is 12.8. The van der Waals surface area contributed by atoms with Crippen LogP contribution in [0.1, 0.15) is 30.5 Å². The first-order chi connectivity index (χ1) is 9.65. The Hall–Kier alpha value is -1.60. The quantitative estimate of drug-likeness (QED) is 0.736. The van der Waals surface area contributed by atoms with Gasteiger partial charge in [0.1, 0.15) is 0 Å². The fourth-order valence-electron chi connectivity index (χ4n) is 2.57. The molecule has 0 saturated carbocycles. The monoisotopic (exact) mass is 267 g/mol. The third kappa shape index (κ3) is 4.50. The number of nitrogens with zero attached hydrogens (tertiary/aromatic N) is 1. The molecule has 2 aromatic carbocycles. The summed E-state index contributed by atoms with van der Waals surface area (Å²) in [4.78, 5) is 2.54. The van der Waals surface area contributed by atoms with Gasteiger partial charge in [-0.05, 0) is 29.5 Å². The Morgan fingerprint density at radius 3 is 2.15 bits per heavy atom. The normalized spacial score (nSPS) is 11.2. The molecule has 1 heteroatoms. The molecular weight excluding hydrogens is 242 g/mol. The Morgan fingerprint density at radius 2 is 1.50 bits per heavy atom. The van der Waals surface area contributed by atoms with Crippen LogP contribution >= 0.6 is 0 Å². The van der Waals surface area contributed by atoms with Crippen LogP contribution in [0.3, 0.4) is 0 Å². The third-order valence-corrected chi connectivity index (χ3v) is 3.53. The van der Waals surface area contributed by atoms with Gasteiger partial charge in [0.05, 0.1) is 0 Å². The van der Waals surface area contributed by atoms with Crippen molar-refractivity contribution in [3.8, 4) is 0 Å². The Balaban J connectivity index is 2.10. The standard InChI is InChI=1S/C19H25N/c1-16(2)13-20(14-18-10-5-4-6-11-18)15-19-12-8-7-9-17(19)3/h4-12,16H,13-15H2,1-3H3. The van der Waals surface area contributed by atoms with E-state index >= 15 is 0 Å². The van der Waals surface area contributed by atoms with Gasteiger partial charge < -0.3 is 0 Å². The van der Waals surface area contributed by atoms with Crippen LogP contribution in [0.15, 0.2) is 54.6 Å². The third-order valence-electron chi connectivity index (χ3n) is 3.53. The van der Waals surface area contributed by atoms with E-state index in [0.717, 1.165) is 19.6 Å². The van der Waals surface area contributed by atoms with Crippen LogP contribution in [0, 0.1) is 12.8 Å². The Morgan fingerprint density at radius 1 is 0.850 bits per heavy atom. The summed E-state index contributed by atoms with van der Waals surface area (Å²) in [5.74, 6) is 0.683. The lowest BCUT2D eigenvalue weighted by Crippen LogP contribution is -2.27. The Labute approximate surface area is 123 Å². The van der Waals surface area contributed by atoms with Gasteiger partial charge in [-0.2, -0.15) is 0 Å². The summed E-state index contributed by atoms with van der Waals surface area (Å²) in [5, 5.41) is 0. The van der Waals surface area contributed by atoms with E-state index in [0.29, 0.717) is 5.92 Å².